The highest BCUT2D eigenvalue weighted by molar-refractivity contribution is 9.17. The molecular formula is C53H12Br16Cl2N4O8. The van der Waals surface area contributed by atoms with Crippen molar-refractivity contribution in [1.29, 1.82) is 0 Å². The number of fused-ring (bicyclic) bond motifs is 6. The molecule has 0 fully saturated rings. The van der Waals surface area contributed by atoms with E-state index < -0.39 is 70.6 Å². The van der Waals surface area contributed by atoms with Gasteiger partial charge in [-0.3, -0.25) is 48.2 Å². The highest BCUT2D eigenvalue weighted by Gasteiger charge is 2.52. The lowest BCUT2D eigenvalue weighted by molar-refractivity contribution is 0.0539. The smallest absolute Gasteiger partial charge is 0.267 e. The first-order chi connectivity index (χ1) is 39.1. The number of imide groups is 2. The summed E-state index contributed by atoms with van der Waals surface area (Å²) in [5.41, 5.74) is 1.12. The number of hydrogen-bond acceptors (Lipinski definition) is 10. The summed E-state index contributed by atoms with van der Waals surface area (Å²) in [4.78, 5) is 130. The fourth-order valence-electron chi connectivity index (χ4n) is 11.0. The van der Waals surface area contributed by atoms with Gasteiger partial charge in [0, 0.05) is 111 Å². The maximum Gasteiger partial charge on any atom is 0.267 e. The van der Waals surface area contributed by atoms with Gasteiger partial charge in [0.05, 0.1) is 66.6 Å². The molecule has 4 heterocycles. The summed E-state index contributed by atoms with van der Waals surface area (Å²) in [7, 11) is 0. The summed E-state index contributed by atoms with van der Waals surface area (Å²) in [5, 5.41) is 0.110. The van der Waals surface area contributed by atoms with Gasteiger partial charge in [-0.2, -0.15) is 0 Å². The minimum atomic E-state index is -1.43. The Morgan fingerprint density at radius 2 is 0.771 bits per heavy atom. The molecule has 2 aliphatic heterocycles. The highest BCUT2D eigenvalue weighted by atomic mass is 79.9. The van der Waals surface area contributed by atoms with Crippen LogP contribution in [0.15, 0.2) is 108 Å². The zero-order valence-corrected chi connectivity index (χ0v) is 66.2. The van der Waals surface area contributed by atoms with E-state index in [-0.39, 0.29) is 124 Å². The van der Waals surface area contributed by atoms with Crippen molar-refractivity contribution in [3.63, 3.8) is 0 Å². The van der Waals surface area contributed by atoms with Gasteiger partial charge in [0.15, 0.2) is 23.1 Å². The van der Waals surface area contributed by atoms with Gasteiger partial charge < -0.3 is 0 Å². The predicted octanol–water partition coefficient (Wildman–Crippen LogP) is 21.4. The predicted molar refractivity (Wildman–Crippen MR) is 368 cm³/mol. The largest absolute Gasteiger partial charge is 0.293 e. The van der Waals surface area contributed by atoms with Gasteiger partial charge in [0.2, 0.25) is 0 Å². The average molecular weight is 2180 g/mol. The van der Waals surface area contributed by atoms with Gasteiger partial charge >= 0.3 is 0 Å². The van der Waals surface area contributed by atoms with Crippen molar-refractivity contribution in [2.45, 2.75) is 24.3 Å². The zero-order valence-electron chi connectivity index (χ0n) is 39.3. The van der Waals surface area contributed by atoms with Crippen LogP contribution in [0.1, 0.15) is 129 Å². The van der Waals surface area contributed by atoms with Crippen LogP contribution >= 0.6 is 278 Å². The van der Waals surface area contributed by atoms with E-state index in [9.17, 15) is 19.2 Å². The number of aromatic nitrogens is 2. The number of carbonyl (C=O) groups excluding carboxylic acids is 8. The van der Waals surface area contributed by atoms with Crippen molar-refractivity contribution in [2.75, 3.05) is 4.90 Å². The second-order valence-corrected chi connectivity index (χ2v) is 32.3. The molecule has 12 rings (SSSR count). The van der Waals surface area contributed by atoms with Crippen LogP contribution in [0, 0.1) is 5.92 Å². The molecule has 0 bridgehead atoms. The molecule has 4 amide bonds. The molecule has 3 aliphatic carbocycles. The third-order valence-corrected chi connectivity index (χ3v) is 34.3. The van der Waals surface area contributed by atoms with E-state index in [0.717, 1.165) is 9.80 Å². The molecule has 0 N–H and O–H groups in total. The highest BCUT2D eigenvalue weighted by Crippen LogP contribution is 2.56. The van der Waals surface area contributed by atoms with Gasteiger partial charge in [-0.25, -0.2) is 9.88 Å². The number of halogens is 18. The Balaban J connectivity index is 1.05. The van der Waals surface area contributed by atoms with Crippen molar-refractivity contribution < 1.29 is 38.4 Å². The van der Waals surface area contributed by atoms with E-state index in [1.54, 1.807) is 12.1 Å². The first kappa shape index (κ1) is 62.8. The monoisotopic (exact) mass is 2160 g/mol. The Morgan fingerprint density at radius 3 is 1.17 bits per heavy atom. The van der Waals surface area contributed by atoms with Crippen molar-refractivity contribution in [3.05, 3.63) is 186 Å². The normalized spacial score (nSPS) is 17.7. The molecule has 12 nitrogen and oxygen atoms in total. The van der Waals surface area contributed by atoms with Gasteiger partial charge in [-0.1, -0.05) is 35.3 Å². The number of Topliss-reactive ketones (excluding diaryl/α,β-unsaturated/α-hetero) is 4. The quantitative estimate of drug-likeness (QED) is 0.0676. The molecule has 0 spiro atoms. The maximum absolute atomic E-state index is 15.2. The fraction of sp³-hybridized carbons (Fsp3) is 0.0943. The summed E-state index contributed by atoms with van der Waals surface area (Å²) in [6.45, 7) is 0. The van der Waals surface area contributed by atoms with Crippen LogP contribution in [0.2, 0.25) is 5.02 Å². The lowest BCUT2D eigenvalue weighted by atomic mass is 9.80. The topological polar surface area (TPSA) is 169 Å². The Hall–Kier alpha value is -0.380. The Morgan fingerprint density at radius 1 is 0.422 bits per heavy atom. The number of carbonyl (C=O) groups is 8. The van der Waals surface area contributed by atoms with Gasteiger partial charge in [0.1, 0.15) is 11.8 Å². The van der Waals surface area contributed by atoms with E-state index in [2.05, 4.69) is 255 Å². The molecule has 0 radical (unpaired) electrons. The molecule has 0 saturated carbocycles. The Kier molecular flexibility index (Phi) is 17.2. The van der Waals surface area contributed by atoms with E-state index in [0.29, 0.717) is 53.7 Å². The molecule has 2 unspecified atom stereocenters. The molecule has 7 aromatic rings. The van der Waals surface area contributed by atoms with E-state index in [1.807, 2.05) is 0 Å². The fourth-order valence-corrected chi connectivity index (χ4v) is 21.5. The number of hydrogen-bond donors (Lipinski definition) is 0. The molecule has 418 valence electrons. The number of nitrogens with zero attached hydrogens (tertiary/aromatic N) is 4. The Bertz CT molecular complexity index is 4350. The number of pyridine rings is 2. The molecule has 83 heavy (non-hydrogen) atoms. The average Bonchev–Trinajstić information content (AvgIpc) is 1.80. The number of amides is 4. The molecule has 5 aromatic carbocycles. The maximum atomic E-state index is 15.2. The van der Waals surface area contributed by atoms with Gasteiger partial charge in [-0.05, 0) is 291 Å². The summed E-state index contributed by atoms with van der Waals surface area (Å²) in [6.07, 6.45) is 1.36. The SMILES string of the molecule is O=C1c2c(Br)c(Br)c(Br)c(Br)c2C(=O)C1c1ccc2c(n1)C(Cl)=CC(Cc1cc(Cl)c3nc(C4C(=O)c5c(Br)c(Br)c(Br)c(Br)c5C4=O)ccc3c1N1C(=O)c3c(Br)c(Br)c(Br)c(Br)c3C1=O)C2N1C(=O)c2c(Br)c(Br)c(Br)c(Br)c2C1=O. The van der Waals surface area contributed by atoms with Gasteiger partial charge in [-0.15, -0.1) is 0 Å². The number of anilines is 1. The molecule has 5 aliphatic rings. The van der Waals surface area contributed by atoms with Crippen LogP contribution < -0.4 is 4.90 Å². The van der Waals surface area contributed by atoms with Crippen LogP contribution in [0.25, 0.3) is 15.9 Å². The van der Waals surface area contributed by atoms with Gasteiger partial charge in [0.25, 0.3) is 23.6 Å². The lowest BCUT2D eigenvalue weighted by Gasteiger charge is -2.37. The molecular weight excluding hydrogens is 2170 g/mol. The number of rotatable bonds is 6. The van der Waals surface area contributed by atoms with Crippen molar-refractivity contribution in [2.24, 2.45) is 5.92 Å². The number of ketones is 4. The molecule has 0 saturated heterocycles. The van der Waals surface area contributed by atoms with Crippen LogP contribution in [0.5, 0.6) is 0 Å². The van der Waals surface area contributed by atoms with Crippen molar-refractivity contribution >= 4 is 346 Å². The van der Waals surface area contributed by atoms with Crippen LogP contribution in [0.4, 0.5) is 5.69 Å². The van der Waals surface area contributed by atoms with E-state index in [1.165, 1.54) is 24.3 Å². The second kappa shape index (κ2) is 22.8. The zero-order chi connectivity index (χ0) is 60.1. The van der Waals surface area contributed by atoms with Crippen molar-refractivity contribution in [3.8, 4) is 0 Å². The summed E-state index contributed by atoms with van der Waals surface area (Å²) >= 11 is 70.8. The Labute approximate surface area is 611 Å². The van der Waals surface area contributed by atoms with Crippen molar-refractivity contribution in [1.82, 2.24) is 14.9 Å². The lowest BCUT2D eigenvalue weighted by Crippen LogP contribution is -2.40. The summed E-state index contributed by atoms with van der Waals surface area (Å²) in [6, 6.07) is 6.23. The van der Waals surface area contributed by atoms with Crippen LogP contribution in [0.3, 0.4) is 0 Å². The molecule has 2 aromatic heterocycles. The number of benzene rings is 5. The van der Waals surface area contributed by atoms with E-state index >= 15 is 19.2 Å². The second-order valence-electron chi connectivity index (χ2n) is 18.8. The minimum absolute atomic E-state index is 0.0000594. The first-order valence-corrected chi connectivity index (χ1v) is 36.4. The first-order valence-electron chi connectivity index (χ1n) is 22.9. The minimum Gasteiger partial charge on any atom is -0.293 e. The van der Waals surface area contributed by atoms with Crippen LogP contribution in [-0.4, -0.2) is 61.6 Å². The summed E-state index contributed by atoms with van der Waals surface area (Å²) < 4.78 is 6.16. The molecule has 30 heteroatoms. The van der Waals surface area contributed by atoms with E-state index in [4.69, 9.17) is 33.2 Å². The summed E-state index contributed by atoms with van der Waals surface area (Å²) in [5.74, 6) is -9.03. The molecule has 2 atom stereocenters. The third-order valence-electron chi connectivity index (χ3n) is 14.6. The third kappa shape index (κ3) is 9.16. The van der Waals surface area contributed by atoms with Crippen LogP contribution in [-0.2, 0) is 6.42 Å². The standard InChI is InChI=1S/C53H12Br16Cl2N4O8/c54-26-18-19(27(55)35(63)34(26)62)47(77)16(46(18)76)14-3-1-10-42(72-14)12(70)6-8(44(10)74-50(80)22-23(51(74)81)31(59)39(67)38(66)30(22)58)5-9-7-13(71)43-11(45(9)75-52(82)24-25(53(75)83)33(61)41(69)40(68)32(24)60)2-4-15(73-43)17-48(78)20-21(49(17)79)29(57)37(65)36(64)28(20)56/h1-4,6-8,16-17,44H,5H2.